The van der Waals surface area contributed by atoms with Crippen molar-refractivity contribution >= 4 is 12.1 Å². The molecule has 1 rings (SSSR count). The third-order valence-corrected chi connectivity index (χ3v) is 3.37. The molecule has 1 N–H and O–H groups in total. The number of amides is 1. The van der Waals surface area contributed by atoms with Crippen molar-refractivity contribution < 1.29 is 27.8 Å². The number of benzene rings is 1. The van der Waals surface area contributed by atoms with E-state index in [-0.39, 0.29) is 13.2 Å². The topological polar surface area (TPSA) is 64.6 Å². The van der Waals surface area contributed by atoms with Gasteiger partial charge in [-0.05, 0) is 18.4 Å². The highest BCUT2D eigenvalue weighted by Crippen LogP contribution is 2.20. The van der Waals surface area contributed by atoms with Crippen molar-refractivity contribution in [2.45, 2.75) is 37.8 Å². The van der Waals surface area contributed by atoms with Crippen LogP contribution in [0.1, 0.15) is 24.8 Å². The lowest BCUT2D eigenvalue weighted by molar-refractivity contribution is -0.172. The van der Waals surface area contributed by atoms with E-state index in [4.69, 9.17) is 4.74 Å². The van der Waals surface area contributed by atoms with Gasteiger partial charge >= 0.3 is 18.0 Å². The summed E-state index contributed by atoms with van der Waals surface area (Å²) in [5, 5.41) is 2.51. The van der Waals surface area contributed by atoms with Gasteiger partial charge in [-0.25, -0.2) is 9.59 Å². The average molecular weight is 367 g/mol. The van der Waals surface area contributed by atoms with Gasteiger partial charge in [0.2, 0.25) is 0 Å². The van der Waals surface area contributed by atoms with Crippen LogP contribution >= 0.6 is 0 Å². The second-order valence-electron chi connectivity index (χ2n) is 5.56. The maximum absolute atomic E-state index is 13.4. The molecule has 5 nitrogen and oxygen atoms in total. The number of carbonyl (C=O) groups is 2. The van der Waals surface area contributed by atoms with Crippen molar-refractivity contribution in [2.75, 3.05) is 6.61 Å². The van der Waals surface area contributed by atoms with E-state index in [0.29, 0.717) is 12.8 Å². The summed E-state index contributed by atoms with van der Waals surface area (Å²) in [6.45, 7) is 6.42. The summed E-state index contributed by atoms with van der Waals surface area (Å²) < 4.78 is 36.5. The number of rotatable bonds is 11. The third-order valence-electron chi connectivity index (χ3n) is 3.37. The quantitative estimate of drug-likeness (QED) is 0.474. The fraction of sp³-hybridized carbons (Fsp3) is 0.368. The average Bonchev–Trinajstić information content (AvgIpc) is 2.62. The molecular formula is C19H23F2NO4. The number of alkyl carbamates (subject to hydrolysis) is 1. The van der Waals surface area contributed by atoms with E-state index < -0.39 is 30.4 Å². The Morgan fingerprint density at radius 1 is 1.15 bits per heavy atom. The molecule has 0 aromatic heterocycles. The summed E-state index contributed by atoms with van der Waals surface area (Å²) in [5.74, 6) is -5.29. The summed E-state index contributed by atoms with van der Waals surface area (Å²) in [6.07, 6.45) is 1.88. The van der Waals surface area contributed by atoms with Gasteiger partial charge in [-0.2, -0.15) is 8.78 Å². The predicted octanol–water partition coefficient (Wildman–Crippen LogP) is 4.00. The first-order chi connectivity index (χ1) is 12.4. The van der Waals surface area contributed by atoms with Gasteiger partial charge in [0.25, 0.3) is 0 Å². The lowest BCUT2D eigenvalue weighted by Gasteiger charge is -2.20. The van der Waals surface area contributed by atoms with E-state index >= 15 is 0 Å². The van der Waals surface area contributed by atoms with Gasteiger partial charge in [0.15, 0.2) is 0 Å². The van der Waals surface area contributed by atoms with Crippen LogP contribution in [0, 0.1) is 0 Å². The van der Waals surface area contributed by atoms with Crippen LogP contribution in [0.2, 0.25) is 0 Å². The van der Waals surface area contributed by atoms with Crippen molar-refractivity contribution in [1.29, 1.82) is 0 Å². The molecule has 0 spiro atoms. The predicted molar refractivity (Wildman–Crippen MR) is 93.7 cm³/mol. The molecule has 0 aliphatic rings. The molecule has 0 saturated carbocycles. The van der Waals surface area contributed by atoms with Crippen molar-refractivity contribution in [3.8, 4) is 0 Å². The van der Waals surface area contributed by atoms with Gasteiger partial charge in [-0.1, -0.05) is 42.5 Å². The molecule has 142 valence electrons. The minimum absolute atomic E-state index is 0.0675. The van der Waals surface area contributed by atoms with E-state index in [0.717, 1.165) is 11.6 Å². The van der Waals surface area contributed by atoms with Crippen LogP contribution in [-0.4, -0.2) is 30.6 Å². The molecule has 1 amide bonds. The van der Waals surface area contributed by atoms with Crippen LogP contribution in [0.15, 0.2) is 55.6 Å². The van der Waals surface area contributed by atoms with E-state index in [1.165, 1.54) is 0 Å². The van der Waals surface area contributed by atoms with Gasteiger partial charge in [0.1, 0.15) is 13.2 Å². The largest absolute Gasteiger partial charge is 0.459 e. The first-order valence-electron chi connectivity index (χ1n) is 8.13. The summed E-state index contributed by atoms with van der Waals surface area (Å²) in [4.78, 5) is 23.3. The number of esters is 1. The van der Waals surface area contributed by atoms with Crippen LogP contribution in [-0.2, 0) is 20.9 Å². The second kappa shape index (κ2) is 11.0. The lowest BCUT2D eigenvalue weighted by Crippen LogP contribution is -2.41. The molecule has 1 aromatic carbocycles. The summed E-state index contributed by atoms with van der Waals surface area (Å²) >= 11 is 0. The SMILES string of the molecule is C=CCC[C@H](COC(=O)C(F)(F)CC=C)NC(=O)OCc1ccccc1. The van der Waals surface area contributed by atoms with Gasteiger partial charge in [-0.3, -0.25) is 0 Å². The van der Waals surface area contributed by atoms with E-state index in [1.54, 1.807) is 18.2 Å². The van der Waals surface area contributed by atoms with Crippen molar-refractivity contribution in [3.63, 3.8) is 0 Å². The number of carbonyl (C=O) groups excluding carboxylic acids is 2. The van der Waals surface area contributed by atoms with E-state index in [9.17, 15) is 18.4 Å². The Morgan fingerprint density at radius 2 is 1.85 bits per heavy atom. The summed E-state index contributed by atoms with van der Waals surface area (Å²) in [5.41, 5.74) is 0.806. The molecule has 0 heterocycles. The van der Waals surface area contributed by atoms with Crippen molar-refractivity contribution in [1.82, 2.24) is 5.32 Å². The monoisotopic (exact) mass is 367 g/mol. The first kappa shape index (κ1) is 21.3. The number of allylic oxidation sites excluding steroid dienone is 2. The molecule has 0 bridgehead atoms. The van der Waals surface area contributed by atoms with Gasteiger partial charge < -0.3 is 14.8 Å². The molecule has 0 saturated heterocycles. The zero-order chi connectivity index (χ0) is 19.4. The smallest absolute Gasteiger partial charge is 0.407 e. The molecule has 7 heteroatoms. The normalized spacial score (nSPS) is 11.9. The fourth-order valence-electron chi connectivity index (χ4n) is 1.99. The molecule has 26 heavy (non-hydrogen) atoms. The molecule has 0 aliphatic carbocycles. The Bertz CT molecular complexity index is 605. The number of hydrogen-bond acceptors (Lipinski definition) is 4. The summed E-state index contributed by atoms with van der Waals surface area (Å²) in [7, 11) is 0. The Hall–Kier alpha value is -2.70. The van der Waals surface area contributed by atoms with Crippen molar-refractivity contribution in [2.24, 2.45) is 0 Å². The molecule has 0 fully saturated rings. The molecule has 1 aromatic rings. The molecule has 0 radical (unpaired) electrons. The van der Waals surface area contributed by atoms with Gasteiger partial charge in [-0.15, -0.1) is 13.2 Å². The van der Waals surface area contributed by atoms with Crippen LogP contribution < -0.4 is 5.32 Å². The Morgan fingerprint density at radius 3 is 2.46 bits per heavy atom. The zero-order valence-electron chi connectivity index (χ0n) is 14.5. The molecule has 0 aliphatic heterocycles. The van der Waals surface area contributed by atoms with Crippen LogP contribution in [0.25, 0.3) is 0 Å². The Balaban J connectivity index is 2.51. The lowest BCUT2D eigenvalue weighted by atomic mass is 10.1. The first-order valence-corrected chi connectivity index (χ1v) is 8.13. The minimum Gasteiger partial charge on any atom is -0.459 e. The standard InChI is InChI=1S/C19H23F2NO4/c1-3-5-11-16(14-25-17(23)19(20,21)12-4-2)22-18(24)26-13-15-9-7-6-8-10-15/h3-4,6-10,16H,1-2,5,11-14H2,(H,22,24)/t16-/m1/s1. The number of nitrogens with one attached hydrogen (secondary N) is 1. The number of halogens is 2. The third kappa shape index (κ3) is 7.92. The maximum Gasteiger partial charge on any atom is 0.407 e. The number of alkyl halides is 2. The number of hydrogen-bond donors (Lipinski definition) is 1. The fourth-order valence-corrected chi connectivity index (χ4v) is 1.99. The second-order valence-corrected chi connectivity index (χ2v) is 5.56. The Kier molecular flexibility index (Phi) is 9.05. The summed E-state index contributed by atoms with van der Waals surface area (Å²) in [6, 6.07) is 8.39. The highest BCUT2D eigenvalue weighted by Gasteiger charge is 2.39. The van der Waals surface area contributed by atoms with E-state index in [2.05, 4.69) is 23.2 Å². The highest BCUT2D eigenvalue weighted by atomic mass is 19.3. The van der Waals surface area contributed by atoms with Crippen LogP contribution in [0.5, 0.6) is 0 Å². The molecule has 0 unspecified atom stereocenters. The van der Waals surface area contributed by atoms with Gasteiger partial charge in [0.05, 0.1) is 6.04 Å². The van der Waals surface area contributed by atoms with E-state index in [1.807, 2.05) is 18.2 Å². The Labute approximate surface area is 151 Å². The van der Waals surface area contributed by atoms with Crippen LogP contribution in [0.3, 0.4) is 0 Å². The van der Waals surface area contributed by atoms with Crippen LogP contribution in [0.4, 0.5) is 13.6 Å². The highest BCUT2D eigenvalue weighted by molar-refractivity contribution is 5.77. The molecular weight excluding hydrogens is 344 g/mol. The zero-order valence-corrected chi connectivity index (χ0v) is 14.5. The minimum atomic E-state index is -3.64. The number of ether oxygens (including phenoxy) is 2. The van der Waals surface area contributed by atoms with Gasteiger partial charge in [0, 0.05) is 6.42 Å². The molecule has 1 atom stereocenters. The maximum atomic E-state index is 13.4. The van der Waals surface area contributed by atoms with Crippen molar-refractivity contribution in [3.05, 3.63) is 61.2 Å².